The molecule has 0 fully saturated rings. The first-order chi connectivity index (χ1) is 7.65. The Morgan fingerprint density at radius 3 is 2.94 bits per heavy atom. The zero-order chi connectivity index (χ0) is 11.5. The molecule has 0 saturated heterocycles. The summed E-state index contributed by atoms with van der Waals surface area (Å²) in [6, 6.07) is 5.58. The van der Waals surface area contributed by atoms with Gasteiger partial charge in [0.1, 0.15) is 5.01 Å². The average Bonchev–Trinajstić information content (AvgIpc) is 2.63. The molecule has 1 aromatic heterocycles. The highest BCUT2D eigenvalue weighted by Gasteiger charge is 2.04. The van der Waals surface area contributed by atoms with E-state index < -0.39 is 0 Å². The molecular formula is C11H11ClN2S2. The van der Waals surface area contributed by atoms with Crippen LogP contribution < -0.4 is 5.73 Å². The Morgan fingerprint density at radius 1 is 1.50 bits per heavy atom. The van der Waals surface area contributed by atoms with E-state index in [4.69, 9.17) is 17.3 Å². The molecule has 2 aromatic rings. The maximum absolute atomic E-state index is 6.08. The molecule has 1 aromatic carbocycles. The third-order valence-corrected chi connectivity index (χ3v) is 4.63. The molecule has 2 nitrogen and oxygen atoms in total. The molecule has 0 atom stereocenters. The second kappa shape index (κ2) is 5.08. The van der Waals surface area contributed by atoms with Crippen molar-refractivity contribution in [1.29, 1.82) is 0 Å². The molecule has 0 bridgehead atoms. The number of hydrogen-bond donors (Lipinski definition) is 1. The van der Waals surface area contributed by atoms with Crippen LogP contribution in [0.25, 0.3) is 0 Å². The van der Waals surface area contributed by atoms with E-state index in [0.717, 1.165) is 21.3 Å². The van der Waals surface area contributed by atoms with Gasteiger partial charge in [-0.1, -0.05) is 11.6 Å². The topological polar surface area (TPSA) is 38.9 Å². The van der Waals surface area contributed by atoms with Gasteiger partial charge < -0.3 is 5.73 Å². The SMILES string of the molecule is Cc1csc(CSc2ccc(N)cc2Cl)n1. The van der Waals surface area contributed by atoms with E-state index in [1.165, 1.54) is 0 Å². The minimum absolute atomic E-state index is 0.694. The van der Waals surface area contributed by atoms with Gasteiger partial charge in [-0.25, -0.2) is 4.98 Å². The number of hydrogen-bond acceptors (Lipinski definition) is 4. The Bertz CT molecular complexity index is 496. The van der Waals surface area contributed by atoms with Crippen molar-refractivity contribution in [1.82, 2.24) is 4.98 Å². The van der Waals surface area contributed by atoms with Crippen molar-refractivity contribution < 1.29 is 0 Å². The monoisotopic (exact) mass is 270 g/mol. The van der Waals surface area contributed by atoms with Gasteiger partial charge in [0.25, 0.3) is 0 Å². The highest BCUT2D eigenvalue weighted by molar-refractivity contribution is 7.98. The predicted octanol–water partition coefficient (Wildman–Crippen LogP) is 3.98. The van der Waals surface area contributed by atoms with Crippen molar-refractivity contribution in [2.75, 3.05) is 5.73 Å². The summed E-state index contributed by atoms with van der Waals surface area (Å²) in [7, 11) is 0. The van der Waals surface area contributed by atoms with Crippen LogP contribution in [0.2, 0.25) is 5.02 Å². The van der Waals surface area contributed by atoms with Crippen molar-refractivity contribution in [2.45, 2.75) is 17.6 Å². The lowest BCUT2D eigenvalue weighted by Crippen LogP contribution is -1.85. The number of nitrogen functional groups attached to an aromatic ring is 1. The fraction of sp³-hybridized carbons (Fsp3) is 0.182. The molecule has 0 spiro atoms. The summed E-state index contributed by atoms with van der Waals surface area (Å²) in [5.74, 6) is 0.849. The highest BCUT2D eigenvalue weighted by Crippen LogP contribution is 2.31. The number of aryl methyl sites for hydroxylation is 1. The largest absolute Gasteiger partial charge is 0.399 e. The molecule has 5 heteroatoms. The predicted molar refractivity (Wildman–Crippen MR) is 72.3 cm³/mol. The van der Waals surface area contributed by atoms with Gasteiger partial charge in [-0.3, -0.25) is 0 Å². The van der Waals surface area contributed by atoms with Gasteiger partial charge in [-0.2, -0.15) is 0 Å². The lowest BCUT2D eigenvalue weighted by Gasteiger charge is -2.03. The molecule has 0 aliphatic carbocycles. The second-order valence-corrected chi connectivity index (χ2v) is 5.73. The van der Waals surface area contributed by atoms with Crippen molar-refractivity contribution in [3.05, 3.63) is 39.3 Å². The van der Waals surface area contributed by atoms with Gasteiger partial charge in [0, 0.05) is 21.7 Å². The zero-order valence-corrected chi connectivity index (χ0v) is 11.1. The summed E-state index contributed by atoms with van der Waals surface area (Å²) in [6.07, 6.45) is 0. The normalized spacial score (nSPS) is 10.6. The molecule has 2 rings (SSSR count). The Kier molecular flexibility index (Phi) is 3.74. The van der Waals surface area contributed by atoms with Gasteiger partial charge in [-0.05, 0) is 25.1 Å². The van der Waals surface area contributed by atoms with Crippen LogP contribution in [-0.2, 0) is 5.75 Å². The Labute approximate surface area is 108 Å². The van der Waals surface area contributed by atoms with Crippen LogP contribution in [0.1, 0.15) is 10.7 Å². The lowest BCUT2D eigenvalue weighted by atomic mass is 10.3. The standard InChI is InChI=1S/C11H11ClN2S2/c1-7-5-16-11(14-7)6-15-10-3-2-8(13)4-9(10)12/h2-5H,6,13H2,1H3. The summed E-state index contributed by atoms with van der Waals surface area (Å²) in [5, 5.41) is 3.88. The fourth-order valence-corrected chi connectivity index (χ4v) is 3.30. The van der Waals surface area contributed by atoms with Gasteiger partial charge >= 0.3 is 0 Å². The fourth-order valence-electron chi connectivity index (χ4n) is 1.24. The summed E-state index contributed by atoms with van der Waals surface area (Å²) in [4.78, 5) is 5.45. The number of anilines is 1. The minimum atomic E-state index is 0.694. The van der Waals surface area contributed by atoms with Crippen molar-refractivity contribution >= 4 is 40.4 Å². The number of benzene rings is 1. The number of nitrogens with zero attached hydrogens (tertiary/aromatic N) is 1. The van der Waals surface area contributed by atoms with Crippen LogP contribution >= 0.6 is 34.7 Å². The molecule has 16 heavy (non-hydrogen) atoms. The molecule has 0 unspecified atom stereocenters. The Hall–Kier alpha value is -0.710. The van der Waals surface area contributed by atoms with Gasteiger partial charge in [0.2, 0.25) is 0 Å². The van der Waals surface area contributed by atoms with E-state index in [2.05, 4.69) is 10.4 Å². The number of thiazole rings is 1. The molecule has 0 aliphatic heterocycles. The molecule has 0 radical (unpaired) electrons. The van der Waals surface area contributed by atoms with Crippen LogP contribution in [0.4, 0.5) is 5.69 Å². The first-order valence-electron chi connectivity index (χ1n) is 4.74. The lowest BCUT2D eigenvalue weighted by molar-refractivity contribution is 1.18. The highest BCUT2D eigenvalue weighted by atomic mass is 35.5. The van der Waals surface area contributed by atoms with Gasteiger partial charge in [-0.15, -0.1) is 23.1 Å². The van der Waals surface area contributed by atoms with E-state index in [1.807, 2.05) is 19.1 Å². The zero-order valence-electron chi connectivity index (χ0n) is 8.74. The van der Waals surface area contributed by atoms with Crippen molar-refractivity contribution in [3.8, 4) is 0 Å². The van der Waals surface area contributed by atoms with E-state index in [9.17, 15) is 0 Å². The molecule has 0 saturated carbocycles. The molecule has 0 amide bonds. The Balaban J connectivity index is 2.04. The van der Waals surface area contributed by atoms with Crippen LogP contribution in [-0.4, -0.2) is 4.98 Å². The summed E-state index contributed by atoms with van der Waals surface area (Å²) in [5.41, 5.74) is 7.40. The number of thioether (sulfide) groups is 1. The van der Waals surface area contributed by atoms with Crippen LogP contribution in [0.3, 0.4) is 0 Å². The van der Waals surface area contributed by atoms with Gasteiger partial charge in [0.05, 0.1) is 10.8 Å². The number of nitrogens with two attached hydrogens (primary N) is 1. The third kappa shape index (κ3) is 2.90. The molecule has 1 heterocycles. The molecular weight excluding hydrogens is 260 g/mol. The van der Waals surface area contributed by atoms with E-state index in [0.29, 0.717) is 10.7 Å². The van der Waals surface area contributed by atoms with Crippen LogP contribution in [0, 0.1) is 6.92 Å². The summed E-state index contributed by atoms with van der Waals surface area (Å²) in [6.45, 7) is 2.00. The quantitative estimate of drug-likeness (QED) is 0.677. The minimum Gasteiger partial charge on any atom is -0.399 e. The first-order valence-corrected chi connectivity index (χ1v) is 6.98. The maximum Gasteiger partial charge on any atom is 0.103 e. The molecule has 2 N–H and O–H groups in total. The smallest absolute Gasteiger partial charge is 0.103 e. The third-order valence-electron chi connectivity index (χ3n) is 1.97. The van der Waals surface area contributed by atoms with E-state index >= 15 is 0 Å². The Morgan fingerprint density at radius 2 is 2.31 bits per heavy atom. The molecule has 84 valence electrons. The van der Waals surface area contributed by atoms with Crippen molar-refractivity contribution in [2.24, 2.45) is 0 Å². The summed E-state index contributed by atoms with van der Waals surface area (Å²) >= 11 is 9.44. The maximum atomic E-state index is 6.08. The number of rotatable bonds is 3. The second-order valence-electron chi connectivity index (χ2n) is 3.36. The van der Waals surface area contributed by atoms with Gasteiger partial charge in [0.15, 0.2) is 0 Å². The first kappa shape index (κ1) is 11.8. The van der Waals surface area contributed by atoms with Crippen LogP contribution in [0.15, 0.2) is 28.5 Å². The number of aromatic nitrogens is 1. The van der Waals surface area contributed by atoms with Crippen molar-refractivity contribution in [3.63, 3.8) is 0 Å². The van der Waals surface area contributed by atoms with E-state index in [1.54, 1.807) is 29.2 Å². The summed E-state index contributed by atoms with van der Waals surface area (Å²) < 4.78 is 0. The average molecular weight is 271 g/mol. The number of halogens is 1. The van der Waals surface area contributed by atoms with Crippen LogP contribution in [0.5, 0.6) is 0 Å². The molecule has 0 aliphatic rings. The van der Waals surface area contributed by atoms with E-state index in [-0.39, 0.29) is 0 Å².